The van der Waals surface area contributed by atoms with E-state index in [1.165, 1.54) is 0 Å². The molecular weight excluding hydrogens is 222 g/mol. The third kappa shape index (κ3) is 1.64. The molecule has 4 atom stereocenters. The summed E-state index contributed by atoms with van der Waals surface area (Å²) < 4.78 is 5.61. The van der Waals surface area contributed by atoms with E-state index in [2.05, 4.69) is 0 Å². The van der Waals surface area contributed by atoms with E-state index in [0.29, 0.717) is 0 Å². The first-order valence-corrected chi connectivity index (χ1v) is 6.35. The maximum Gasteiger partial charge on any atom is 0.310 e. The SMILES string of the molecule is O=C(O)[C@@H]1[C@@H](C(=O)N2CCCC2)[C@H]2CC[C@H]1O2. The number of nitrogens with zero attached hydrogens (tertiary/aromatic N) is 1. The number of carbonyl (C=O) groups is 2. The van der Waals surface area contributed by atoms with Crippen molar-refractivity contribution in [1.29, 1.82) is 0 Å². The molecule has 3 saturated heterocycles. The van der Waals surface area contributed by atoms with Gasteiger partial charge < -0.3 is 14.7 Å². The van der Waals surface area contributed by atoms with Gasteiger partial charge in [-0.1, -0.05) is 0 Å². The van der Waals surface area contributed by atoms with Crippen molar-refractivity contribution >= 4 is 11.9 Å². The van der Waals surface area contributed by atoms with Gasteiger partial charge in [0.25, 0.3) is 0 Å². The van der Waals surface area contributed by atoms with E-state index < -0.39 is 17.8 Å². The van der Waals surface area contributed by atoms with Crippen LogP contribution >= 0.6 is 0 Å². The van der Waals surface area contributed by atoms with Gasteiger partial charge in [-0.3, -0.25) is 9.59 Å². The van der Waals surface area contributed by atoms with E-state index in [1.807, 2.05) is 4.90 Å². The van der Waals surface area contributed by atoms with Crippen LogP contribution in [0.15, 0.2) is 0 Å². The number of carboxylic acids is 1. The van der Waals surface area contributed by atoms with Crippen LogP contribution in [0.5, 0.6) is 0 Å². The Morgan fingerprint density at radius 1 is 1.06 bits per heavy atom. The van der Waals surface area contributed by atoms with Crippen molar-refractivity contribution in [2.75, 3.05) is 13.1 Å². The molecule has 1 amide bonds. The number of ether oxygens (including phenoxy) is 1. The zero-order valence-corrected chi connectivity index (χ0v) is 9.67. The van der Waals surface area contributed by atoms with Crippen molar-refractivity contribution in [3.05, 3.63) is 0 Å². The summed E-state index contributed by atoms with van der Waals surface area (Å²) in [5.41, 5.74) is 0. The Morgan fingerprint density at radius 2 is 1.65 bits per heavy atom. The van der Waals surface area contributed by atoms with Crippen LogP contribution in [0.1, 0.15) is 25.7 Å². The molecule has 3 heterocycles. The average Bonchev–Trinajstić information content (AvgIpc) is 3.02. The Morgan fingerprint density at radius 3 is 2.24 bits per heavy atom. The summed E-state index contributed by atoms with van der Waals surface area (Å²) >= 11 is 0. The standard InChI is InChI=1S/C12H17NO4/c14-11(13-5-1-2-6-13)9-7-3-4-8(17-7)10(9)12(15)16/h7-10H,1-6H2,(H,15,16)/t7-,8-,9+,10+/m1/s1. The van der Waals surface area contributed by atoms with Crippen molar-refractivity contribution in [3.8, 4) is 0 Å². The van der Waals surface area contributed by atoms with Gasteiger partial charge in [0.1, 0.15) is 0 Å². The molecule has 0 unspecified atom stereocenters. The van der Waals surface area contributed by atoms with Crippen LogP contribution in [-0.4, -0.2) is 47.2 Å². The topological polar surface area (TPSA) is 66.8 Å². The molecule has 0 saturated carbocycles. The van der Waals surface area contributed by atoms with Crippen LogP contribution in [0.4, 0.5) is 0 Å². The fraction of sp³-hybridized carbons (Fsp3) is 0.833. The molecule has 5 heteroatoms. The predicted molar refractivity (Wildman–Crippen MR) is 58.3 cm³/mol. The lowest BCUT2D eigenvalue weighted by Crippen LogP contribution is -2.44. The second-order valence-corrected chi connectivity index (χ2v) is 5.21. The summed E-state index contributed by atoms with van der Waals surface area (Å²) in [6.07, 6.45) is 3.28. The number of carboxylic acid groups (broad SMARTS) is 1. The molecule has 0 spiro atoms. The van der Waals surface area contributed by atoms with E-state index in [4.69, 9.17) is 4.74 Å². The van der Waals surface area contributed by atoms with Gasteiger partial charge in [-0.25, -0.2) is 0 Å². The molecule has 94 valence electrons. The molecule has 2 bridgehead atoms. The molecule has 0 aromatic rings. The molecule has 0 aliphatic carbocycles. The maximum absolute atomic E-state index is 12.3. The summed E-state index contributed by atoms with van der Waals surface area (Å²) in [4.78, 5) is 25.4. The summed E-state index contributed by atoms with van der Waals surface area (Å²) in [7, 11) is 0. The Balaban J connectivity index is 1.80. The third-order valence-electron chi connectivity index (χ3n) is 4.26. The number of carbonyl (C=O) groups excluding carboxylic acids is 1. The highest BCUT2D eigenvalue weighted by atomic mass is 16.5. The molecule has 0 aromatic carbocycles. The second-order valence-electron chi connectivity index (χ2n) is 5.21. The average molecular weight is 239 g/mol. The van der Waals surface area contributed by atoms with Gasteiger partial charge in [-0.15, -0.1) is 0 Å². The van der Waals surface area contributed by atoms with Gasteiger partial charge in [0.2, 0.25) is 5.91 Å². The number of fused-ring (bicyclic) bond motifs is 2. The molecule has 3 rings (SSSR count). The Bertz CT molecular complexity index is 350. The molecule has 3 aliphatic heterocycles. The molecule has 0 radical (unpaired) electrons. The fourth-order valence-corrected chi connectivity index (χ4v) is 3.45. The van der Waals surface area contributed by atoms with Gasteiger partial charge in [0.05, 0.1) is 24.0 Å². The van der Waals surface area contributed by atoms with Gasteiger partial charge >= 0.3 is 5.97 Å². The minimum Gasteiger partial charge on any atom is -0.481 e. The van der Waals surface area contributed by atoms with Crippen LogP contribution in [0.25, 0.3) is 0 Å². The highest BCUT2D eigenvalue weighted by molar-refractivity contribution is 5.86. The number of hydrogen-bond acceptors (Lipinski definition) is 3. The molecule has 17 heavy (non-hydrogen) atoms. The molecule has 0 aromatic heterocycles. The maximum atomic E-state index is 12.3. The van der Waals surface area contributed by atoms with Crippen molar-refractivity contribution in [2.45, 2.75) is 37.9 Å². The first-order chi connectivity index (χ1) is 8.18. The van der Waals surface area contributed by atoms with E-state index in [0.717, 1.165) is 38.8 Å². The second kappa shape index (κ2) is 3.98. The Kier molecular flexibility index (Phi) is 2.58. The minimum atomic E-state index is -0.880. The number of hydrogen-bond donors (Lipinski definition) is 1. The molecule has 1 N–H and O–H groups in total. The van der Waals surface area contributed by atoms with Crippen molar-refractivity contribution in [3.63, 3.8) is 0 Å². The number of likely N-dealkylation sites (tertiary alicyclic amines) is 1. The predicted octanol–water partition coefficient (Wildman–Crippen LogP) is 0.487. The van der Waals surface area contributed by atoms with Gasteiger partial charge in [-0.2, -0.15) is 0 Å². The van der Waals surface area contributed by atoms with E-state index in [-0.39, 0.29) is 18.1 Å². The fourth-order valence-electron chi connectivity index (χ4n) is 3.45. The first kappa shape index (κ1) is 11.0. The Labute approximate surface area is 99.7 Å². The van der Waals surface area contributed by atoms with Crippen molar-refractivity contribution in [2.24, 2.45) is 11.8 Å². The van der Waals surface area contributed by atoms with Crippen LogP contribution in [-0.2, 0) is 14.3 Å². The van der Waals surface area contributed by atoms with Crippen LogP contribution < -0.4 is 0 Å². The van der Waals surface area contributed by atoms with Crippen molar-refractivity contribution in [1.82, 2.24) is 4.90 Å². The van der Waals surface area contributed by atoms with E-state index in [9.17, 15) is 14.7 Å². The minimum absolute atomic E-state index is 0.00194. The van der Waals surface area contributed by atoms with Gasteiger partial charge in [-0.05, 0) is 25.7 Å². The normalized spacial score (nSPS) is 39.9. The lowest BCUT2D eigenvalue weighted by Gasteiger charge is -2.27. The zero-order valence-electron chi connectivity index (χ0n) is 9.67. The summed E-state index contributed by atoms with van der Waals surface area (Å²) in [5, 5.41) is 9.25. The largest absolute Gasteiger partial charge is 0.481 e. The number of rotatable bonds is 2. The monoisotopic (exact) mass is 239 g/mol. The van der Waals surface area contributed by atoms with E-state index >= 15 is 0 Å². The van der Waals surface area contributed by atoms with Crippen LogP contribution in [0, 0.1) is 11.8 Å². The summed E-state index contributed by atoms with van der Waals surface area (Å²) in [5.74, 6) is -1.94. The van der Waals surface area contributed by atoms with Crippen molar-refractivity contribution < 1.29 is 19.4 Å². The summed E-state index contributed by atoms with van der Waals surface area (Å²) in [6.45, 7) is 1.55. The lowest BCUT2D eigenvalue weighted by molar-refractivity contribution is -0.150. The van der Waals surface area contributed by atoms with E-state index in [1.54, 1.807) is 0 Å². The summed E-state index contributed by atoms with van der Waals surface area (Å²) in [6, 6.07) is 0. The highest BCUT2D eigenvalue weighted by Crippen LogP contribution is 2.44. The molecule has 3 aliphatic rings. The number of amides is 1. The number of aliphatic carboxylic acids is 1. The highest BCUT2D eigenvalue weighted by Gasteiger charge is 2.56. The quantitative estimate of drug-likeness (QED) is 0.761. The lowest BCUT2D eigenvalue weighted by atomic mass is 9.78. The van der Waals surface area contributed by atoms with Crippen LogP contribution in [0.2, 0.25) is 0 Å². The first-order valence-electron chi connectivity index (χ1n) is 6.35. The Hall–Kier alpha value is -1.10. The zero-order chi connectivity index (χ0) is 12.0. The third-order valence-corrected chi connectivity index (χ3v) is 4.26. The van der Waals surface area contributed by atoms with Gasteiger partial charge in [0.15, 0.2) is 0 Å². The molecule has 3 fully saturated rings. The molecule has 5 nitrogen and oxygen atoms in total. The molecular formula is C12H17NO4. The smallest absolute Gasteiger partial charge is 0.310 e. The van der Waals surface area contributed by atoms with Gasteiger partial charge in [0, 0.05) is 13.1 Å². The van der Waals surface area contributed by atoms with Crippen LogP contribution in [0.3, 0.4) is 0 Å².